The zero-order chi connectivity index (χ0) is 26.6. The third-order valence-corrected chi connectivity index (χ3v) is 3.35. The first kappa shape index (κ1) is 28.9. The zero-order valence-corrected chi connectivity index (χ0v) is 16.4. The van der Waals surface area contributed by atoms with Gasteiger partial charge in [0.2, 0.25) is 0 Å². The molecule has 0 saturated carbocycles. The van der Waals surface area contributed by atoms with Crippen LogP contribution in [-0.2, 0) is 9.59 Å². The molecule has 0 heterocycles. The van der Waals surface area contributed by atoms with Gasteiger partial charge in [-0.25, -0.2) is 9.59 Å². The standard InChI is InChI=1S/2C6H4N2O4.C4H6O6/c2*9-7(10)5-1-2-6(4-3-5)8(11)12;5-1(3(7)8)2(6)4(9)10/h2*1-4H;1-2,5-6H,(H,7,8)(H,9,10). The van der Waals surface area contributed by atoms with Gasteiger partial charge in [-0.1, -0.05) is 0 Å². The van der Waals surface area contributed by atoms with E-state index in [0.29, 0.717) is 0 Å². The number of aliphatic hydroxyl groups excluding tert-OH is 2. The Hall–Kier alpha value is -5.10. The summed E-state index contributed by atoms with van der Waals surface area (Å²) >= 11 is 0. The minimum atomic E-state index is -2.27. The molecule has 0 saturated heterocycles. The highest BCUT2D eigenvalue weighted by Gasteiger charge is 2.29. The van der Waals surface area contributed by atoms with Gasteiger partial charge in [0.1, 0.15) is 0 Å². The zero-order valence-electron chi connectivity index (χ0n) is 16.4. The molecule has 0 amide bonds. The number of aliphatic carboxylic acids is 2. The van der Waals surface area contributed by atoms with Crippen molar-refractivity contribution in [3.63, 3.8) is 0 Å². The maximum absolute atomic E-state index is 10.1. The molecule has 0 bridgehead atoms. The summed E-state index contributed by atoms with van der Waals surface area (Å²) in [4.78, 5) is 57.6. The third kappa shape index (κ3) is 9.80. The summed E-state index contributed by atoms with van der Waals surface area (Å²) in [7, 11) is 0. The minimum absolute atomic E-state index is 0.152. The fraction of sp³-hybridized carbons (Fsp3) is 0.125. The van der Waals surface area contributed by atoms with Crippen molar-refractivity contribution >= 4 is 34.7 Å². The Morgan fingerprint density at radius 1 is 0.529 bits per heavy atom. The van der Waals surface area contributed by atoms with Crippen LogP contribution in [0.1, 0.15) is 0 Å². The second-order valence-electron chi connectivity index (χ2n) is 5.63. The molecule has 0 aliphatic heterocycles. The summed E-state index contributed by atoms with van der Waals surface area (Å²) in [5, 5.41) is 73.0. The number of carbonyl (C=O) groups is 2. The van der Waals surface area contributed by atoms with Crippen molar-refractivity contribution in [2.24, 2.45) is 0 Å². The molecular formula is C16H14N4O14. The van der Waals surface area contributed by atoms with Crippen molar-refractivity contribution < 1.29 is 49.7 Å². The molecule has 0 fully saturated rings. The normalized spacial score (nSPS) is 11.2. The van der Waals surface area contributed by atoms with E-state index in [1.54, 1.807) is 0 Å². The minimum Gasteiger partial charge on any atom is -0.479 e. The van der Waals surface area contributed by atoms with E-state index in [-0.39, 0.29) is 22.7 Å². The number of aliphatic hydroxyl groups is 2. The van der Waals surface area contributed by atoms with E-state index in [2.05, 4.69) is 0 Å². The largest absolute Gasteiger partial charge is 0.479 e. The molecule has 0 aromatic heterocycles. The average molecular weight is 486 g/mol. The highest BCUT2D eigenvalue weighted by molar-refractivity contribution is 5.83. The monoisotopic (exact) mass is 486 g/mol. The Labute approximate surface area is 186 Å². The van der Waals surface area contributed by atoms with Crippen LogP contribution >= 0.6 is 0 Å². The first-order valence-corrected chi connectivity index (χ1v) is 8.28. The highest BCUT2D eigenvalue weighted by atomic mass is 16.6. The molecule has 18 heteroatoms. The number of benzene rings is 2. The third-order valence-electron chi connectivity index (χ3n) is 3.35. The number of carboxylic acid groups (broad SMARTS) is 2. The molecule has 2 aromatic carbocycles. The maximum atomic E-state index is 10.1. The second kappa shape index (κ2) is 13.3. The molecule has 4 N–H and O–H groups in total. The van der Waals surface area contributed by atoms with E-state index in [9.17, 15) is 50.0 Å². The SMILES string of the molecule is O=C(O)C(O)C(O)C(=O)O.O=[N+]([O-])c1ccc([N+](=O)[O-])cc1.O=[N+]([O-])c1ccc([N+](=O)[O-])cc1. The molecule has 2 atom stereocenters. The van der Waals surface area contributed by atoms with Gasteiger partial charge in [-0.05, 0) is 0 Å². The van der Waals surface area contributed by atoms with Crippen molar-refractivity contribution in [3.05, 3.63) is 89.0 Å². The lowest BCUT2D eigenvalue weighted by Gasteiger charge is -2.07. The molecule has 2 rings (SSSR count). The lowest BCUT2D eigenvalue weighted by atomic mass is 10.2. The Kier molecular flexibility index (Phi) is 11.3. The number of hydrogen-bond acceptors (Lipinski definition) is 12. The van der Waals surface area contributed by atoms with Gasteiger partial charge in [0.15, 0.2) is 12.2 Å². The van der Waals surface area contributed by atoms with E-state index < -0.39 is 43.8 Å². The van der Waals surface area contributed by atoms with E-state index in [1.165, 1.54) is 0 Å². The highest BCUT2D eigenvalue weighted by Crippen LogP contribution is 2.17. The molecule has 2 aromatic rings. The summed E-state index contributed by atoms with van der Waals surface area (Å²) < 4.78 is 0. The summed E-state index contributed by atoms with van der Waals surface area (Å²) in [6.07, 6.45) is -4.53. The number of carboxylic acids is 2. The molecule has 182 valence electrons. The lowest BCUT2D eigenvalue weighted by molar-refractivity contribution is -0.389. The van der Waals surface area contributed by atoms with Crippen molar-refractivity contribution in [1.29, 1.82) is 0 Å². The van der Waals surface area contributed by atoms with Crippen molar-refractivity contribution in [2.75, 3.05) is 0 Å². The van der Waals surface area contributed by atoms with Crippen LogP contribution in [0.15, 0.2) is 48.5 Å². The van der Waals surface area contributed by atoms with Crippen LogP contribution in [0.5, 0.6) is 0 Å². The van der Waals surface area contributed by atoms with Crippen LogP contribution in [0.25, 0.3) is 0 Å². The van der Waals surface area contributed by atoms with Gasteiger partial charge in [-0.15, -0.1) is 0 Å². The van der Waals surface area contributed by atoms with Gasteiger partial charge < -0.3 is 20.4 Å². The molecule has 0 radical (unpaired) electrons. The second-order valence-corrected chi connectivity index (χ2v) is 5.63. The van der Waals surface area contributed by atoms with E-state index in [0.717, 1.165) is 48.5 Å². The number of nitrogens with zero attached hydrogens (tertiary/aromatic N) is 4. The number of nitro groups is 4. The Morgan fingerprint density at radius 2 is 0.676 bits per heavy atom. The Balaban J connectivity index is 0.000000484. The Morgan fingerprint density at radius 3 is 0.765 bits per heavy atom. The molecule has 2 unspecified atom stereocenters. The van der Waals surface area contributed by atoms with Crippen LogP contribution in [0.3, 0.4) is 0 Å². The quantitative estimate of drug-likeness (QED) is 0.312. The summed E-state index contributed by atoms with van der Waals surface area (Å²) in [5.41, 5.74) is -0.609. The number of nitro benzene ring substituents is 4. The molecule has 0 spiro atoms. The van der Waals surface area contributed by atoms with Crippen LogP contribution in [0, 0.1) is 40.5 Å². The fourth-order valence-corrected chi connectivity index (χ4v) is 1.66. The first-order valence-electron chi connectivity index (χ1n) is 8.28. The van der Waals surface area contributed by atoms with Crippen molar-refractivity contribution in [2.45, 2.75) is 12.2 Å². The predicted molar refractivity (Wildman–Crippen MR) is 107 cm³/mol. The summed E-state index contributed by atoms with van der Waals surface area (Å²) in [5.74, 6) is -3.54. The van der Waals surface area contributed by atoms with Crippen LogP contribution < -0.4 is 0 Å². The average Bonchev–Trinajstić information content (AvgIpc) is 2.78. The molecule has 18 nitrogen and oxygen atoms in total. The summed E-state index contributed by atoms with van der Waals surface area (Å²) in [6, 6.07) is 8.76. The number of non-ortho nitro benzene ring substituents is 4. The van der Waals surface area contributed by atoms with E-state index >= 15 is 0 Å². The van der Waals surface area contributed by atoms with Crippen molar-refractivity contribution in [3.8, 4) is 0 Å². The van der Waals surface area contributed by atoms with Gasteiger partial charge in [0, 0.05) is 48.5 Å². The lowest BCUT2D eigenvalue weighted by Crippen LogP contribution is -2.39. The topological polar surface area (TPSA) is 288 Å². The summed E-state index contributed by atoms with van der Waals surface area (Å²) in [6.45, 7) is 0. The fourth-order valence-electron chi connectivity index (χ4n) is 1.66. The molecule has 34 heavy (non-hydrogen) atoms. The smallest absolute Gasteiger partial charge is 0.335 e. The van der Waals surface area contributed by atoms with Crippen molar-refractivity contribution in [1.82, 2.24) is 0 Å². The maximum Gasteiger partial charge on any atom is 0.335 e. The van der Waals surface area contributed by atoms with Gasteiger partial charge in [0.25, 0.3) is 22.7 Å². The first-order chi connectivity index (χ1) is 15.7. The number of rotatable bonds is 7. The van der Waals surface area contributed by atoms with Crippen LogP contribution in [0.4, 0.5) is 22.7 Å². The number of hydrogen-bond donors (Lipinski definition) is 4. The van der Waals surface area contributed by atoms with Gasteiger partial charge in [-0.3, -0.25) is 40.5 Å². The van der Waals surface area contributed by atoms with E-state index in [4.69, 9.17) is 20.4 Å². The van der Waals surface area contributed by atoms with Crippen LogP contribution in [-0.4, -0.2) is 64.3 Å². The van der Waals surface area contributed by atoms with E-state index in [1.807, 2.05) is 0 Å². The van der Waals surface area contributed by atoms with Gasteiger partial charge in [0.05, 0.1) is 19.7 Å². The van der Waals surface area contributed by atoms with Crippen LogP contribution in [0.2, 0.25) is 0 Å². The molecule has 0 aliphatic carbocycles. The predicted octanol–water partition coefficient (Wildman–Crippen LogP) is 0.883. The Bertz CT molecular complexity index is 903. The van der Waals surface area contributed by atoms with Gasteiger partial charge >= 0.3 is 11.9 Å². The molecular weight excluding hydrogens is 472 g/mol. The van der Waals surface area contributed by atoms with Gasteiger partial charge in [-0.2, -0.15) is 0 Å². The molecule has 0 aliphatic rings.